The highest BCUT2D eigenvalue weighted by atomic mass is 15.3. The van der Waals surface area contributed by atoms with Crippen LogP contribution in [0, 0.1) is 0 Å². The molecule has 3 heteroatoms. The Morgan fingerprint density at radius 1 is 0.262 bits per heavy atom. The SMILES string of the molecule is c1ccc(-c2c3ccccc3c(-c3ccc(-c4cccc5c4ccc4cc6ccccc6cc45)cc3)c3ccc(-c4nnc(-c5ccccc5)n4-c4ccccc4)cc23)cc1. The Balaban J connectivity index is 1.05. The molecule has 0 atom stereocenters. The van der Waals surface area contributed by atoms with E-state index in [1.54, 1.807) is 0 Å². The van der Waals surface area contributed by atoms with Crippen molar-refractivity contribution in [3.63, 3.8) is 0 Å². The van der Waals surface area contributed by atoms with Gasteiger partial charge in [-0.3, -0.25) is 4.57 Å². The second kappa shape index (κ2) is 14.3. The van der Waals surface area contributed by atoms with Crippen LogP contribution >= 0.6 is 0 Å². The van der Waals surface area contributed by atoms with Gasteiger partial charge in [-0.25, -0.2) is 0 Å². The van der Waals surface area contributed by atoms with Crippen LogP contribution in [0.5, 0.6) is 0 Å². The smallest absolute Gasteiger partial charge is 0.168 e. The molecule has 0 aliphatic rings. The molecule has 61 heavy (non-hydrogen) atoms. The van der Waals surface area contributed by atoms with E-state index >= 15 is 0 Å². The Morgan fingerprint density at radius 3 is 1.49 bits per heavy atom. The van der Waals surface area contributed by atoms with Crippen LogP contribution in [-0.2, 0) is 0 Å². The number of rotatable bonds is 6. The van der Waals surface area contributed by atoms with Crippen LogP contribution in [-0.4, -0.2) is 14.8 Å². The third-order valence-electron chi connectivity index (χ3n) is 12.3. The lowest BCUT2D eigenvalue weighted by atomic mass is 9.85. The molecule has 0 N–H and O–H groups in total. The van der Waals surface area contributed by atoms with Crippen LogP contribution in [0.15, 0.2) is 224 Å². The fourth-order valence-corrected chi connectivity index (χ4v) is 9.46. The van der Waals surface area contributed by atoms with Gasteiger partial charge in [-0.2, -0.15) is 0 Å². The van der Waals surface area contributed by atoms with Gasteiger partial charge in [0.25, 0.3) is 0 Å². The van der Waals surface area contributed by atoms with Crippen LogP contribution in [0.3, 0.4) is 0 Å². The molecule has 0 fully saturated rings. The van der Waals surface area contributed by atoms with Gasteiger partial charge in [0.2, 0.25) is 0 Å². The molecule has 0 amide bonds. The first-order valence-corrected chi connectivity index (χ1v) is 20.8. The lowest BCUT2D eigenvalue weighted by Crippen LogP contribution is -2.00. The molecule has 0 unspecified atom stereocenters. The maximum atomic E-state index is 4.89. The molecule has 0 aliphatic heterocycles. The van der Waals surface area contributed by atoms with Gasteiger partial charge in [0.1, 0.15) is 0 Å². The van der Waals surface area contributed by atoms with Crippen molar-refractivity contribution in [2.75, 3.05) is 0 Å². The first kappa shape index (κ1) is 34.9. The Hall–Kier alpha value is -8.14. The van der Waals surface area contributed by atoms with Crippen LogP contribution in [0.2, 0.25) is 0 Å². The number of hydrogen-bond donors (Lipinski definition) is 0. The molecular weight excluding hydrogens is 739 g/mol. The molecule has 3 nitrogen and oxygen atoms in total. The molecule has 0 saturated carbocycles. The summed E-state index contributed by atoms with van der Waals surface area (Å²) in [7, 11) is 0. The zero-order valence-electron chi connectivity index (χ0n) is 33.2. The van der Waals surface area contributed by atoms with E-state index in [4.69, 9.17) is 10.2 Å². The van der Waals surface area contributed by atoms with Crippen molar-refractivity contribution in [3.8, 4) is 61.8 Å². The van der Waals surface area contributed by atoms with Crippen LogP contribution in [0.1, 0.15) is 0 Å². The van der Waals surface area contributed by atoms with Crippen molar-refractivity contribution >= 4 is 53.9 Å². The minimum absolute atomic E-state index is 0.793. The van der Waals surface area contributed by atoms with Crippen LogP contribution < -0.4 is 0 Å². The summed E-state index contributed by atoms with van der Waals surface area (Å²) < 4.78 is 2.18. The molecule has 0 spiro atoms. The number of fused-ring (bicyclic) bond motifs is 6. The highest BCUT2D eigenvalue weighted by molar-refractivity contribution is 6.22. The monoisotopic (exact) mass is 775 g/mol. The van der Waals surface area contributed by atoms with E-state index in [2.05, 4.69) is 205 Å². The van der Waals surface area contributed by atoms with E-state index in [9.17, 15) is 0 Å². The number of nitrogens with zero attached hydrogens (tertiary/aromatic N) is 3. The summed E-state index contributed by atoms with van der Waals surface area (Å²) in [4.78, 5) is 0. The number of hydrogen-bond acceptors (Lipinski definition) is 2. The molecular formula is C58H37N3. The molecule has 12 aromatic rings. The van der Waals surface area contributed by atoms with Crippen molar-refractivity contribution in [1.82, 2.24) is 14.8 Å². The van der Waals surface area contributed by atoms with Gasteiger partial charge in [0, 0.05) is 16.8 Å². The molecule has 0 aliphatic carbocycles. The van der Waals surface area contributed by atoms with E-state index < -0.39 is 0 Å². The van der Waals surface area contributed by atoms with Gasteiger partial charge in [-0.05, 0) is 118 Å². The molecule has 12 rings (SSSR count). The maximum absolute atomic E-state index is 4.89. The van der Waals surface area contributed by atoms with Crippen molar-refractivity contribution < 1.29 is 0 Å². The normalized spacial score (nSPS) is 11.6. The summed E-state index contributed by atoms with van der Waals surface area (Å²) in [5.41, 5.74) is 10.2. The lowest BCUT2D eigenvalue weighted by Gasteiger charge is -2.19. The Labute approximate surface area is 353 Å². The van der Waals surface area contributed by atoms with Gasteiger partial charge in [-0.15, -0.1) is 10.2 Å². The largest absolute Gasteiger partial charge is 0.275 e. The third-order valence-corrected chi connectivity index (χ3v) is 12.3. The second-order valence-electron chi connectivity index (χ2n) is 15.8. The van der Waals surface area contributed by atoms with Gasteiger partial charge >= 0.3 is 0 Å². The number of para-hydroxylation sites is 1. The Morgan fingerprint density at radius 2 is 0.770 bits per heavy atom. The average Bonchev–Trinajstić information content (AvgIpc) is 3.79. The minimum atomic E-state index is 0.793. The molecule has 1 heterocycles. The molecule has 11 aromatic carbocycles. The quantitative estimate of drug-likeness (QED) is 0.124. The third kappa shape index (κ3) is 5.82. The summed E-state index contributed by atoms with van der Waals surface area (Å²) in [6.45, 7) is 0. The first-order chi connectivity index (χ1) is 30.3. The van der Waals surface area contributed by atoms with Gasteiger partial charge in [0.15, 0.2) is 11.6 Å². The molecule has 0 saturated heterocycles. The summed E-state index contributed by atoms with van der Waals surface area (Å²) >= 11 is 0. The Bertz CT molecular complexity index is 3610. The van der Waals surface area contributed by atoms with Crippen molar-refractivity contribution in [3.05, 3.63) is 224 Å². The predicted octanol–water partition coefficient (Wildman–Crippen LogP) is 15.4. The zero-order valence-corrected chi connectivity index (χ0v) is 33.2. The fourth-order valence-electron chi connectivity index (χ4n) is 9.46. The predicted molar refractivity (Wildman–Crippen MR) is 256 cm³/mol. The first-order valence-electron chi connectivity index (χ1n) is 20.8. The van der Waals surface area contributed by atoms with E-state index in [-0.39, 0.29) is 0 Å². The lowest BCUT2D eigenvalue weighted by molar-refractivity contribution is 1.07. The zero-order chi connectivity index (χ0) is 40.3. The van der Waals surface area contributed by atoms with Gasteiger partial charge in [-0.1, -0.05) is 194 Å². The molecule has 284 valence electrons. The van der Waals surface area contributed by atoms with Gasteiger partial charge < -0.3 is 0 Å². The summed E-state index contributed by atoms with van der Waals surface area (Å²) in [5.74, 6) is 1.60. The fraction of sp³-hybridized carbons (Fsp3) is 0. The van der Waals surface area contributed by atoms with Crippen molar-refractivity contribution in [2.45, 2.75) is 0 Å². The highest BCUT2D eigenvalue weighted by Crippen LogP contribution is 2.46. The minimum Gasteiger partial charge on any atom is -0.275 e. The number of aromatic nitrogens is 3. The molecule has 0 radical (unpaired) electrons. The molecule has 1 aromatic heterocycles. The molecule has 0 bridgehead atoms. The standard InChI is InChI=1S/C58H37N3/c1-4-15-39(16-5-1)56-51-24-13-12-23-50(51)55(52-34-32-45(37-54(52)56)58-60-59-57(41-17-6-2-7-18-41)61(58)46-21-8-3-9-22-46)40-29-27-38(28-30-40)47-25-14-26-48-49(47)33-31-44-35-42-19-10-11-20-43(42)36-53(44)48/h1-37H. The van der Waals surface area contributed by atoms with Crippen molar-refractivity contribution in [2.24, 2.45) is 0 Å². The van der Waals surface area contributed by atoms with Crippen LogP contribution in [0.4, 0.5) is 0 Å². The number of benzene rings is 11. The topological polar surface area (TPSA) is 30.7 Å². The maximum Gasteiger partial charge on any atom is 0.168 e. The van der Waals surface area contributed by atoms with Crippen LogP contribution in [0.25, 0.3) is 116 Å². The van der Waals surface area contributed by atoms with E-state index in [0.717, 1.165) is 28.5 Å². The second-order valence-corrected chi connectivity index (χ2v) is 15.8. The van der Waals surface area contributed by atoms with E-state index in [1.165, 1.54) is 87.2 Å². The van der Waals surface area contributed by atoms with Crippen molar-refractivity contribution in [1.29, 1.82) is 0 Å². The Kier molecular flexibility index (Phi) is 8.17. The summed E-state index contributed by atoms with van der Waals surface area (Å²) in [6.07, 6.45) is 0. The summed E-state index contributed by atoms with van der Waals surface area (Å²) in [5, 5.41) is 22.1. The average molecular weight is 776 g/mol. The van der Waals surface area contributed by atoms with Gasteiger partial charge in [0.05, 0.1) is 0 Å². The highest BCUT2D eigenvalue weighted by Gasteiger charge is 2.21. The summed E-state index contributed by atoms with van der Waals surface area (Å²) in [6, 6.07) is 80.9. The van der Waals surface area contributed by atoms with E-state index in [0.29, 0.717) is 0 Å². The van der Waals surface area contributed by atoms with E-state index in [1.807, 2.05) is 24.3 Å².